The average Bonchev–Trinajstić information content (AvgIpc) is 2.82. The van der Waals surface area contributed by atoms with E-state index in [1.165, 1.54) is 18.5 Å². The Labute approximate surface area is 108 Å². The smallest absolute Gasteiger partial charge is 0.305 e. The fourth-order valence-electron chi connectivity index (χ4n) is 2.34. The van der Waals surface area contributed by atoms with Crippen molar-refractivity contribution in [2.75, 3.05) is 23.3 Å². The molecule has 1 saturated heterocycles. The lowest BCUT2D eigenvalue weighted by molar-refractivity contribution is -0.137. The van der Waals surface area contributed by atoms with Crippen LogP contribution in [0.2, 0.25) is 0 Å². The average molecular weight is 248 g/mol. The number of hydrogen-bond donors (Lipinski definition) is 2. The van der Waals surface area contributed by atoms with Crippen LogP contribution in [0, 0.1) is 0 Å². The van der Waals surface area contributed by atoms with Gasteiger partial charge >= 0.3 is 5.97 Å². The molecular formula is C14H20N2O2. The van der Waals surface area contributed by atoms with E-state index < -0.39 is 5.97 Å². The largest absolute Gasteiger partial charge is 0.481 e. The highest BCUT2D eigenvalue weighted by atomic mass is 16.4. The molecule has 2 N–H and O–H groups in total. The van der Waals surface area contributed by atoms with Crippen LogP contribution in [0.1, 0.15) is 26.2 Å². The van der Waals surface area contributed by atoms with Crippen LogP contribution in [-0.4, -0.2) is 30.2 Å². The van der Waals surface area contributed by atoms with Crippen molar-refractivity contribution in [1.29, 1.82) is 0 Å². The summed E-state index contributed by atoms with van der Waals surface area (Å²) in [5.41, 5.74) is 2.23. The normalized spacial score (nSPS) is 16.6. The van der Waals surface area contributed by atoms with Crippen LogP contribution in [0.5, 0.6) is 0 Å². The number of carbonyl (C=O) groups is 1. The van der Waals surface area contributed by atoms with Crippen molar-refractivity contribution in [2.24, 2.45) is 0 Å². The zero-order chi connectivity index (χ0) is 13.0. The van der Waals surface area contributed by atoms with Crippen molar-refractivity contribution in [3.05, 3.63) is 24.3 Å². The molecule has 0 saturated carbocycles. The fraction of sp³-hybridized carbons (Fsp3) is 0.500. The van der Waals surface area contributed by atoms with Crippen LogP contribution in [0.25, 0.3) is 0 Å². The quantitative estimate of drug-likeness (QED) is 0.841. The van der Waals surface area contributed by atoms with Gasteiger partial charge in [-0.3, -0.25) is 4.79 Å². The molecule has 4 nitrogen and oxygen atoms in total. The van der Waals surface area contributed by atoms with Crippen molar-refractivity contribution < 1.29 is 9.90 Å². The van der Waals surface area contributed by atoms with Crippen molar-refractivity contribution in [2.45, 2.75) is 32.2 Å². The Morgan fingerprint density at radius 1 is 1.33 bits per heavy atom. The molecule has 1 fully saturated rings. The Bertz CT molecular complexity index is 397. The van der Waals surface area contributed by atoms with Crippen molar-refractivity contribution in [3.63, 3.8) is 0 Å². The van der Waals surface area contributed by atoms with Crippen LogP contribution in [-0.2, 0) is 4.79 Å². The molecule has 18 heavy (non-hydrogen) atoms. The molecule has 0 radical (unpaired) electrons. The second kappa shape index (κ2) is 5.76. The lowest BCUT2D eigenvalue weighted by Crippen LogP contribution is -2.20. The highest BCUT2D eigenvalue weighted by Crippen LogP contribution is 2.22. The summed E-state index contributed by atoms with van der Waals surface area (Å²) in [4.78, 5) is 13.0. The summed E-state index contributed by atoms with van der Waals surface area (Å²) < 4.78 is 0. The first kappa shape index (κ1) is 12.7. The van der Waals surface area contributed by atoms with E-state index in [9.17, 15) is 4.79 Å². The number of rotatable bonds is 5. The third-order valence-electron chi connectivity index (χ3n) is 3.23. The second-order valence-electron chi connectivity index (χ2n) is 4.88. The van der Waals surface area contributed by atoms with E-state index in [2.05, 4.69) is 22.3 Å². The maximum absolute atomic E-state index is 10.6. The molecule has 0 aliphatic carbocycles. The predicted octanol–water partition coefficient (Wildman–Crippen LogP) is 2.56. The van der Waals surface area contributed by atoms with Gasteiger partial charge in [-0.25, -0.2) is 0 Å². The molecule has 98 valence electrons. The first-order valence-corrected chi connectivity index (χ1v) is 6.48. The SMILES string of the molecule is CC(CC(=O)O)Nc1ccc(N2CCCC2)cc1. The van der Waals surface area contributed by atoms with Gasteiger partial charge in [-0.2, -0.15) is 0 Å². The van der Waals surface area contributed by atoms with Gasteiger partial charge in [0.1, 0.15) is 0 Å². The number of nitrogens with zero attached hydrogens (tertiary/aromatic N) is 1. The Morgan fingerprint density at radius 2 is 1.94 bits per heavy atom. The molecule has 1 aliphatic heterocycles. The van der Waals surface area contributed by atoms with Crippen LogP contribution >= 0.6 is 0 Å². The van der Waals surface area contributed by atoms with Gasteiger partial charge in [0.25, 0.3) is 0 Å². The summed E-state index contributed by atoms with van der Waals surface area (Å²) in [7, 11) is 0. The van der Waals surface area contributed by atoms with E-state index in [0.717, 1.165) is 18.8 Å². The maximum atomic E-state index is 10.6. The van der Waals surface area contributed by atoms with Gasteiger partial charge in [0, 0.05) is 30.5 Å². The number of aliphatic carboxylic acids is 1. The van der Waals surface area contributed by atoms with E-state index >= 15 is 0 Å². The van der Waals surface area contributed by atoms with Gasteiger partial charge in [-0.05, 0) is 44.0 Å². The summed E-state index contributed by atoms with van der Waals surface area (Å²) in [6.45, 7) is 4.16. The first-order valence-electron chi connectivity index (χ1n) is 6.48. The van der Waals surface area contributed by atoms with E-state index in [1.54, 1.807) is 0 Å². The van der Waals surface area contributed by atoms with E-state index in [4.69, 9.17) is 5.11 Å². The molecule has 1 aliphatic rings. The number of anilines is 2. The van der Waals surface area contributed by atoms with Gasteiger partial charge in [0.2, 0.25) is 0 Å². The lowest BCUT2D eigenvalue weighted by atomic mass is 10.2. The summed E-state index contributed by atoms with van der Waals surface area (Å²) in [6.07, 6.45) is 2.68. The highest BCUT2D eigenvalue weighted by Gasteiger charge is 2.12. The van der Waals surface area contributed by atoms with Crippen molar-refractivity contribution in [1.82, 2.24) is 0 Å². The molecule has 1 aromatic carbocycles. The summed E-state index contributed by atoms with van der Waals surface area (Å²) in [5, 5.41) is 11.9. The van der Waals surface area contributed by atoms with E-state index in [0.29, 0.717) is 0 Å². The molecule has 0 spiro atoms. The number of nitrogens with one attached hydrogen (secondary N) is 1. The predicted molar refractivity (Wildman–Crippen MR) is 73.2 cm³/mol. The number of carboxylic acid groups (broad SMARTS) is 1. The molecule has 0 amide bonds. The van der Waals surface area contributed by atoms with Gasteiger partial charge in [-0.15, -0.1) is 0 Å². The topological polar surface area (TPSA) is 52.6 Å². The van der Waals surface area contributed by atoms with Gasteiger partial charge in [-0.1, -0.05) is 0 Å². The van der Waals surface area contributed by atoms with Gasteiger partial charge in [0.05, 0.1) is 6.42 Å². The molecule has 1 unspecified atom stereocenters. The molecule has 0 bridgehead atoms. The second-order valence-corrected chi connectivity index (χ2v) is 4.88. The highest BCUT2D eigenvalue weighted by molar-refractivity contribution is 5.68. The minimum absolute atomic E-state index is 0.0554. The monoisotopic (exact) mass is 248 g/mol. The zero-order valence-corrected chi connectivity index (χ0v) is 10.7. The maximum Gasteiger partial charge on any atom is 0.305 e. The fourth-order valence-corrected chi connectivity index (χ4v) is 2.34. The van der Waals surface area contributed by atoms with E-state index in [-0.39, 0.29) is 12.5 Å². The molecule has 1 heterocycles. The van der Waals surface area contributed by atoms with E-state index in [1.807, 2.05) is 19.1 Å². The third-order valence-corrected chi connectivity index (χ3v) is 3.23. The number of carboxylic acids is 1. The minimum Gasteiger partial charge on any atom is -0.481 e. The van der Waals surface area contributed by atoms with Crippen LogP contribution in [0.3, 0.4) is 0 Å². The molecule has 2 rings (SSSR count). The van der Waals surface area contributed by atoms with Crippen molar-refractivity contribution >= 4 is 17.3 Å². The summed E-state index contributed by atoms with van der Waals surface area (Å²) in [5.74, 6) is -0.774. The Hall–Kier alpha value is -1.71. The molecule has 1 aromatic rings. The van der Waals surface area contributed by atoms with Crippen molar-refractivity contribution in [3.8, 4) is 0 Å². The van der Waals surface area contributed by atoms with Crippen LogP contribution in [0.15, 0.2) is 24.3 Å². The Balaban J connectivity index is 1.92. The van der Waals surface area contributed by atoms with Crippen LogP contribution < -0.4 is 10.2 Å². The third kappa shape index (κ3) is 3.39. The lowest BCUT2D eigenvalue weighted by Gasteiger charge is -2.19. The number of hydrogen-bond acceptors (Lipinski definition) is 3. The number of benzene rings is 1. The summed E-state index contributed by atoms with van der Waals surface area (Å²) in [6, 6.07) is 8.18. The molecule has 0 aromatic heterocycles. The minimum atomic E-state index is -0.774. The summed E-state index contributed by atoms with van der Waals surface area (Å²) >= 11 is 0. The standard InChI is InChI=1S/C14H20N2O2/c1-11(10-14(17)18)15-12-4-6-13(7-5-12)16-8-2-3-9-16/h4-7,11,15H,2-3,8-10H2,1H3,(H,17,18). The van der Waals surface area contributed by atoms with Crippen LogP contribution in [0.4, 0.5) is 11.4 Å². The molecular weight excluding hydrogens is 228 g/mol. The first-order chi connectivity index (χ1) is 8.65. The zero-order valence-electron chi connectivity index (χ0n) is 10.7. The molecule has 4 heteroatoms. The Kier molecular flexibility index (Phi) is 4.07. The van der Waals surface area contributed by atoms with Gasteiger partial charge in [0.15, 0.2) is 0 Å². The van der Waals surface area contributed by atoms with Gasteiger partial charge < -0.3 is 15.3 Å². The molecule has 1 atom stereocenters. The Morgan fingerprint density at radius 3 is 2.50 bits per heavy atom.